The monoisotopic (exact) mass is 242 g/mol. The van der Waals surface area contributed by atoms with Crippen LogP contribution in [0.15, 0.2) is 0 Å². The Labute approximate surface area is 102 Å². The molecule has 0 radical (unpaired) electrons. The first kappa shape index (κ1) is 14.0. The maximum Gasteiger partial charge on any atom is 0.248 e. The molecule has 1 rings (SSSR count). The van der Waals surface area contributed by atoms with Crippen molar-refractivity contribution in [3.8, 4) is 0 Å². The lowest BCUT2D eigenvalue weighted by Crippen LogP contribution is -2.66. The van der Waals surface area contributed by atoms with Crippen molar-refractivity contribution in [2.45, 2.75) is 45.2 Å². The molecule has 2 unspecified atom stereocenters. The molecule has 0 aromatic carbocycles. The Kier molecular flexibility index (Phi) is 4.51. The molecular formula is C12H22N2O3. The normalized spacial score (nSPS) is 26.9. The van der Waals surface area contributed by atoms with E-state index in [1.165, 1.54) is 0 Å². The van der Waals surface area contributed by atoms with Gasteiger partial charge in [0.05, 0.1) is 6.54 Å². The zero-order valence-corrected chi connectivity index (χ0v) is 11.1. The van der Waals surface area contributed by atoms with Crippen LogP contribution in [0, 0.1) is 0 Å². The summed E-state index contributed by atoms with van der Waals surface area (Å²) in [5.41, 5.74) is -0.753. The van der Waals surface area contributed by atoms with Gasteiger partial charge in [0, 0.05) is 19.8 Å². The molecular weight excluding hydrogens is 220 g/mol. The third-order valence-corrected chi connectivity index (χ3v) is 3.44. The third-order valence-electron chi connectivity index (χ3n) is 3.44. The van der Waals surface area contributed by atoms with Crippen molar-refractivity contribution < 1.29 is 14.3 Å². The number of methoxy groups -OCH3 is 1. The maximum absolute atomic E-state index is 12.3. The van der Waals surface area contributed by atoms with Gasteiger partial charge in [-0.3, -0.25) is 9.59 Å². The third kappa shape index (κ3) is 2.97. The van der Waals surface area contributed by atoms with Gasteiger partial charge in [-0.15, -0.1) is 0 Å². The fourth-order valence-electron chi connectivity index (χ4n) is 1.98. The smallest absolute Gasteiger partial charge is 0.248 e. The number of ether oxygens (including phenoxy) is 1. The second-order valence-electron chi connectivity index (χ2n) is 4.80. The summed E-state index contributed by atoms with van der Waals surface area (Å²) in [6.45, 7) is 6.38. The van der Waals surface area contributed by atoms with E-state index in [1.54, 1.807) is 18.9 Å². The van der Waals surface area contributed by atoms with Gasteiger partial charge in [-0.2, -0.15) is 0 Å². The molecule has 1 saturated heterocycles. The van der Waals surface area contributed by atoms with Gasteiger partial charge >= 0.3 is 0 Å². The number of hydrogen-bond acceptors (Lipinski definition) is 3. The molecule has 0 aromatic heterocycles. The van der Waals surface area contributed by atoms with Crippen molar-refractivity contribution in [1.82, 2.24) is 10.2 Å². The summed E-state index contributed by atoms with van der Waals surface area (Å²) in [7, 11) is 1.63. The van der Waals surface area contributed by atoms with E-state index >= 15 is 0 Å². The molecule has 0 bridgehead atoms. The fourth-order valence-corrected chi connectivity index (χ4v) is 1.98. The van der Waals surface area contributed by atoms with E-state index in [-0.39, 0.29) is 24.4 Å². The van der Waals surface area contributed by atoms with Crippen LogP contribution < -0.4 is 5.32 Å². The Balaban J connectivity index is 2.77. The minimum atomic E-state index is -0.753. The van der Waals surface area contributed by atoms with E-state index in [0.717, 1.165) is 6.42 Å². The lowest BCUT2D eigenvalue weighted by Gasteiger charge is -2.42. The molecule has 1 fully saturated rings. The summed E-state index contributed by atoms with van der Waals surface area (Å²) >= 11 is 0. The van der Waals surface area contributed by atoms with Gasteiger partial charge in [0.1, 0.15) is 5.54 Å². The molecule has 2 atom stereocenters. The summed E-state index contributed by atoms with van der Waals surface area (Å²) in [6, 6.07) is 0.0272. The van der Waals surface area contributed by atoms with Crippen molar-refractivity contribution in [1.29, 1.82) is 0 Å². The Morgan fingerprint density at radius 1 is 1.53 bits per heavy atom. The summed E-state index contributed by atoms with van der Waals surface area (Å²) in [5.74, 6) is -0.0820. The molecule has 1 aliphatic heterocycles. The van der Waals surface area contributed by atoms with Crippen molar-refractivity contribution in [3.05, 3.63) is 0 Å². The van der Waals surface area contributed by atoms with E-state index in [9.17, 15) is 9.59 Å². The minimum absolute atomic E-state index is 0.00297. The molecule has 5 heteroatoms. The predicted molar refractivity (Wildman–Crippen MR) is 64.5 cm³/mol. The van der Waals surface area contributed by atoms with Crippen LogP contribution in [0.4, 0.5) is 0 Å². The number of amides is 2. The predicted octanol–water partition coefficient (Wildman–Crippen LogP) is 0.538. The summed E-state index contributed by atoms with van der Waals surface area (Å²) in [6.07, 6.45) is 1.35. The molecule has 1 heterocycles. The second kappa shape index (κ2) is 5.49. The van der Waals surface area contributed by atoms with Gasteiger partial charge in [-0.1, -0.05) is 6.92 Å². The topological polar surface area (TPSA) is 58.6 Å². The molecule has 1 N–H and O–H groups in total. The van der Waals surface area contributed by atoms with Crippen molar-refractivity contribution in [3.63, 3.8) is 0 Å². The number of piperazine rings is 1. The van der Waals surface area contributed by atoms with E-state index in [2.05, 4.69) is 5.32 Å². The van der Waals surface area contributed by atoms with Gasteiger partial charge in [-0.25, -0.2) is 0 Å². The number of carbonyl (C=O) groups excluding carboxylic acids is 2. The highest BCUT2D eigenvalue weighted by atomic mass is 16.5. The highest BCUT2D eigenvalue weighted by molar-refractivity contribution is 5.97. The van der Waals surface area contributed by atoms with Crippen molar-refractivity contribution in [2.75, 3.05) is 20.3 Å². The number of nitrogens with zero attached hydrogens (tertiary/aromatic N) is 1. The number of nitrogens with one attached hydrogen (secondary N) is 1. The second-order valence-corrected chi connectivity index (χ2v) is 4.80. The van der Waals surface area contributed by atoms with E-state index in [4.69, 9.17) is 4.74 Å². The molecule has 2 amide bonds. The first-order valence-electron chi connectivity index (χ1n) is 6.05. The Bertz CT molecular complexity index is 306. The van der Waals surface area contributed by atoms with Crippen LogP contribution in [0.2, 0.25) is 0 Å². The highest BCUT2D eigenvalue weighted by Crippen LogP contribution is 2.20. The zero-order valence-electron chi connectivity index (χ0n) is 11.1. The highest BCUT2D eigenvalue weighted by Gasteiger charge is 2.42. The van der Waals surface area contributed by atoms with E-state index in [0.29, 0.717) is 13.0 Å². The van der Waals surface area contributed by atoms with Gasteiger partial charge < -0.3 is 15.0 Å². The molecule has 0 saturated carbocycles. The van der Waals surface area contributed by atoms with Gasteiger partial charge in [-0.05, 0) is 26.7 Å². The van der Waals surface area contributed by atoms with Crippen molar-refractivity contribution >= 4 is 11.8 Å². The zero-order chi connectivity index (χ0) is 13.1. The molecule has 5 nitrogen and oxygen atoms in total. The van der Waals surface area contributed by atoms with Crippen LogP contribution in [0.5, 0.6) is 0 Å². The van der Waals surface area contributed by atoms with Crippen LogP contribution in [0.3, 0.4) is 0 Å². The molecule has 1 aliphatic rings. The summed E-state index contributed by atoms with van der Waals surface area (Å²) < 4.78 is 5.01. The average Bonchev–Trinajstić information content (AvgIpc) is 2.30. The van der Waals surface area contributed by atoms with Crippen LogP contribution >= 0.6 is 0 Å². The van der Waals surface area contributed by atoms with Crippen LogP contribution in [-0.2, 0) is 14.3 Å². The molecule has 17 heavy (non-hydrogen) atoms. The molecule has 0 spiro atoms. The number of rotatable bonds is 5. The molecule has 0 aliphatic carbocycles. The quantitative estimate of drug-likeness (QED) is 0.765. The lowest BCUT2D eigenvalue weighted by atomic mass is 9.93. The SMILES string of the molecule is CCC1(C)NC(=O)CN(C(C)CCOC)C1=O. The van der Waals surface area contributed by atoms with E-state index in [1.807, 2.05) is 13.8 Å². The van der Waals surface area contributed by atoms with Gasteiger partial charge in [0.15, 0.2) is 0 Å². The van der Waals surface area contributed by atoms with Gasteiger partial charge in [0.2, 0.25) is 11.8 Å². The van der Waals surface area contributed by atoms with Crippen LogP contribution in [0.1, 0.15) is 33.6 Å². The largest absolute Gasteiger partial charge is 0.385 e. The average molecular weight is 242 g/mol. The number of carbonyl (C=O) groups is 2. The van der Waals surface area contributed by atoms with Crippen molar-refractivity contribution in [2.24, 2.45) is 0 Å². The lowest BCUT2D eigenvalue weighted by molar-refractivity contribution is -0.151. The standard InChI is InChI=1S/C12H22N2O3/c1-5-12(3)11(16)14(8-10(15)13-12)9(2)6-7-17-4/h9H,5-8H2,1-4H3,(H,13,15). The van der Waals surface area contributed by atoms with Crippen LogP contribution in [0.25, 0.3) is 0 Å². The first-order chi connectivity index (χ1) is 7.94. The first-order valence-corrected chi connectivity index (χ1v) is 6.05. The number of hydrogen-bond donors (Lipinski definition) is 1. The van der Waals surface area contributed by atoms with Gasteiger partial charge in [0.25, 0.3) is 0 Å². The Morgan fingerprint density at radius 3 is 2.71 bits per heavy atom. The molecule has 0 aromatic rings. The maximum atomic E-state index is 12.3. The minimum Gasteiger partial charge on any atom is -0.385 e. The Hall–Kier alpha value is -1.10. The fraction of sp³-hybridized carbons (Fsp3) is 0.833. The molecule has 98 valence electrons. The Morgan fingerprint density at radius 2 is 2.18 bits per heavy atom. The van der Waals surface area contributed by atoms with Crippen LogP contribution in [-0.4, -0.2) is 48.6 Å². The summed E-state index contributed by atoms with van der Waals surface area (Å²) in [4.78, 5) is 25.6. The van der Waals surface area contributed by atoms with E-state index < -0.39 is 5.54 Å². The summed E-state index contributed by atoms with van der Waals surface area (Å²) in [5, 5.41) is 2.77.